The standard InChI is InChI=1S/C28H42O7/c1-16(2)34-25(32)20-15-18-14-19(35-17(3)29)6-10-26(18,4)21-7-11-27(5)22(24(20)21)8-12-28(27,33)13-9-23(30)31/h15-16,19-22,24,33H,6-14H2,1-5H3,(H,30,31)/t19?,20?,21-,22-,24+,26-,27-,28-/m0/s1. The van der Waals surface area contributed by atoms with Crippen molar-refractivity contribution in [2.24, 2.45) is 34.5 Å². The summed E-state index contributed by atoms with van der Waals surface area (Å²) in [6, 6.07) is 0. The van der Waals surface area contributed by atoms with Crippen molar-refractivity contribution in [2.75, 3.05) is 0 Å². The zero-order valence-corrected chi connectivity index (χ0v) is 21.8. The summed E-state index contributed by atoms with van der Waals surface area (Å²) >= 11 is 0. The van der Waals surface area contributed by atoms with Crippen LogP contribution < -0.4 is 0 Å². The number of hydrogen-bond acceptors (Lipinski definition) is 6. The van der Waals surface area contributed by atoms with Crippen molar-refractivity contribution in [3.8, 4) is 0 Å². The van der Waals surface area contributed by atoms with E-state index < -0.39 is 22.9 Å². The summed E-state index contributed by atoms with van der Waals surface area (Å²) in [5.41, 5.74) is -0.356. The number of hydrogen-bond donors (Lipinski definition) is 2. The molecule has 4 aliphatic rings. The summed E-state index contributed by atoms with van der Waals surface area (Å²) in [4.78, 5) is 36.4. The van der Waals surface area contributed by atoms with Crippen LogP contribution >= 0.6 is 0 Å². The smallest absolute Gasteiger partial charge is 0.313 e. The molecular formula is C28H42O7. The van der Waals surface area contributed by atoms with Crippen molar-refractivity contribution in [1.82, 2.24) is 0 Å². The second kappa shape index (κ2) is 9.20. The first-order valence-electron chi connectivity index (χ1n) is 13.3. The zero-order chi connectivity index (χ0) is 25.8. The van der Waals surface area contributed by atoms with Gasteiger partial charge >= 0.3 is 17.9 Å². The Balaban J connectivity index is 1.72. The number of fused-ring (bicyclic) bond motifs is 5. The maximum Gasteiger partial charge on any atom is 0.313 e. The number of carboxylic acid groups (broad SMARTS) is 1. The Morgan fingerprint density at radius 3 is 2.40 bits per heavy atom. The van der Waals surface area contributed by atoms with E-state index in [1.807, 2.05) is 13.8 Å². The van der Waals surface area contributed by atoms with E-state index in [1.54, 1.807) is 0 Å². The van der Waals surface area contributed by atoms with Gasteiger partial charge in [0.2, 0.25) is 0 Å². The summed E-state index contributed by atoms with van der Waals surface area (Å²) in [6.45, 7) is 9.58. The number of esters is 2. The van der Waals surface area contributed by atoms with Crippen molar-refractivity contribution in [1.29, 1.82) is 0 Å². The third-order valence-electron chi connectivity index (χ3n) is 10.1. The Bertz CT molecular complexity index is 909. The van der Waals surface area contributed by atoms with Crippen LogP contribution in [0.25, 0.3) is 0 Å². The first kappa shape index (κ1) is 26.2. The summed E-state index contributed by atoms with van der Waals surface area (Å²) in [6.07, 6.45) is 7.33. The van der Waals surface area contributed by atoms with Gasteiger partial charge in [0, 0.05) is 19.8 Å². The Morgan fingerprint density at radius 2 is 1.77 bits per heavy atom. The van der Waals surface area contributed by atoms with Crippen molar-refractivity contribution in [2.45, 2.75) is 110 Å². The first-order chi connectivity index (χ1) is 16.3. The topological polar surface area (TPSA) is 110 Å². The van der Waals surface area contributed by atoms with E-state index in [-0.39, 0.29) is 60.2 Å². The molecule has 0 radical (unpaired) electrons. The molecule has 7 nitrogen and oxygen atoms in total. The molecular weight excluding hydrogens is 448 g/mol. The van der Waals surface area contributed by atoms with Crippen LogP contribution in [-0.2, 0) is 23.9 Å². The average molecular weight is 491 g/mol. The van der Waals surface area contributed by atoms with Gasteiger partial charge in [-0.2, -0.15) is 0 Å². The average Bonchev–Trinajstić information content (AvgIpc) is 3.02. The normalized spacial score (nSPS) is 42.4. The second-order valence-electron chi connectivity index (χ2n) is 12.3. The number of carbonyl (C=O) groups excluding carboxylic acids is 2. The van der Waals surface area contributed by atoms with Crippen LogP contribution in [0.1, 0.15) is 92.4 Å². The molecule has 0 aliphatic heterocycles. The highest BCUT2D eigenvalue weighted by molar-refractivity contribution is 5.76. The summed E-state index contributed by atoms with van der Waals surface area (Å²) in [7, 11) is 0. The van der Waals surface area contributed by atoms with Crippen molar-refractivity contribution >= 4 is 17.9 Å². The van der Waals surface area contributed by atoms with Crippen LogP contribution in [0, 0.1) is 34.5 Å². The Morgan fingerprint density at radius 1 is 1.09 bits per heavy atom. The molecule has 7 heteroatoms. The van der Waals surface area contributed by atoms with Crippen LogP contribution in [0.15, 0.2) is 11.6 Å². The summed E-state index contributed by atoms with van der Waals surface area (Å²) < 4.78 is 11.3. The molecule has 0 amide bonds. The maximum absolute atomic E-state index is 13.5. The predicted molar refractivity (Wildman–Crippen MR) is 129 cm³/mol. The molecule has 3 fully saturated rings. The fraction of sp³-hybridized carbons (Fsp3) is 0.821. The largest absolute Gasteiger partial charge is 0.481 e. The monoisotopic (exact) mass is 490 g/mol. The Labute approximate surface area is 208 Å². The predicted octanol–water partition coefficient (Wildman–Crippen LogP) is 4.65. The highest BCUT2D eigenvalue weighted by Crippen LogP contribution is 2.69. The molecule has 0 saturated heterocycles. The summed E-state index contributed by atoms with van der Waals surface area (Å²) in [5, 5.41) is 21.0. The highest BCUT2D eigenvalue weighted by Gasteiger charge is 2.66. The van der Waals surface area contributed by atoms with Crippen LogP contribution in [0.5, 0.6) is 0 Å². The van der Waals surface area contributed by atoms with Gasteiger partial charge in [-0.3, -0.25) is 14.4 Å². The maximum atomic E-state index is 13.5. The van der Waals surface area contributed by atoms with Gasteiger partial charge in [-0.05, 0) is 87.4 Å². The van der Waals surface area contributed by atoms with E-state index in [0.29, 0.717) is 12.8 Å². The minimum absolute atomic E-state index is 0.0397. The molecule has 4 rings (SSSR count). The third kappa shape index (κ3) is 4.42. The molecule has 0 aromatic rings. The number of ether oxygens (including phenoxy) is 2. The minimum Gasteiger partial charge on any atom is -0.481 e. The summed E-state index contributed by atoms with van der Waals surface area (Å²) in [5.74, 6) is -1.37. The molecule has 2 unspecified atom stereocenters. The first-order valence-corrected chi connectivity index (χ1v) is 13.3. The molecule has 0 bridgehead atoms. The van der Waals surface area contributed by atoms with Crippen molar-refractivity contribution in [3.05, 3.63) is 11.6 Å². The second-order valence-corrected chi connectivity index (χ2v) is 12.3. The number of carboxylic acids is 1. The van der Waals surface area contributed by atoms with Crippen molar-refractivity contribution in [3.63, 3.8) is 0 Å². The lowest BCUT2D eigenvalue weighted by Gasteiger charge is -2.60. The Hall–Kier alpha value is -1.89. The van der Waals surface area contributed by atoms with Gasteiger partial charge in [0.05, 0.1) is 17.6 Å². The van der Waals surface area contributed by atoms with Gasteiger partial charge in [-0.15, -0.1) is 0 Å². The van der Waals surface area contributed by atoms with Gasteiger partial charge in [-0.1, -0.05) is 25.5 Å². The molecule has 0 aromatic carbocycles. The van der Waals surface area contributed by atoms with E-state index in [1.165, 1.54) is 12.5 Å². The molecule has 3 saturated carbocycles. The van der Waals surface area contributed by atoms with Gasteiger partial charge < -0.3 is 19.7 Å². The SMILES string of the molecule is CC(=O)OC1CC[C@@]2(C)C(=CC(C(=O)OC(C)C)[C@@H]3[C@@H]2CC[C@@]2(C)[C@H]3CC[C@]2(O)CCC(=O)O)C1. The van der Waals surface area contributed by atoms with Crippen molar-refractivity contribution < 1.29 is 34.1 Å². The van der Waals surface area contributed by atoms with Gasteiger partial charge in [-0.25, -0.2) is 0 Å². The fourth-order valence-electron chi connectivity index (χ4n) is 8.36. The quantitative estimate of drug-likeness (QED) is 0.412. The molecule has 196 valence electrons. The molecule has 4 aliphatic carbocycles. The fourth-order valence-corrected chi connectivity index (χ4v) is 8.36. The number of aliphatic hydroxyl groups is 1. The molecule has 8 atom stereocenters. The molecule has 35 heavy (non-hydrogen) atoms. The highest BCUT2D eigenvalue weighted by atomic mass is 16.5. The van der Waals surface area contributed by atoms with E-state index in [2.05, 4.69) is 19.9 Å². The van der Waals surface area contributed by atoms with E-state index in [9.17, 15) is 24.6 Å². The lowest BCUT2D eigenvalue weighted by molar-refractivity contribution is -0.169. The minimum atomic E-state index is -1.04. The van der Waals surface area contributed by atoms with Gasteiger partial charge in [0.15, 0.2) is 0 Å². The van der Waals surface area contributed by atoms with Crippen LogP contribution in [0.3, 0.4) is 0 Å². The number of carbonyl (C=O) groups is 3. The Kier molecular flexibility index (Phi) is 6.88. The van der Waals surface area contributed by atoms with Crippen LogP contribution in [-0.4, -0.2) is 45.9 Å². The third-order valence-corrected chi connectivity index (χ3v) is 10.1. The number of aliphatic carboxylic acids is 1. The van der Waals surface area contributed by atoms with Crippen LogP contribution in [0.2, 0.25) is 0 Å². The molecule has 2 N–H and O–H groups in total. The lowest BCUT2D eigenvalue weighted by atomic mass is 9.45. The van der Waals surface area contributed by atoms with Crippen LogP contribution in [0.4, 0.5) is 0 Å². The van der Waals surface area contributed by atoms with Gasteiger partial charge in [0.1, 0.15) is 6.10 Å². The molecule has 0 spiro atoms. The lowest BCUT2D eigenvalue weighted by Crippen LogP contribution is -2.57. The van der Waals surface area contributed by atoms with E-state index in [4.69, 9.17) is 9.47 Å². The molecule has 0 aromatic heterocycles. The van der Waals surface area contributed by atoms with Gasteiger partial charge in [0.25, 0.3) is 0 Å². The van der Waals surface area contributed by atoms with E-state index in [0.717, 1.165) is 32.1 Å². The van der Waals surface area contributed by atoms with E-state index >= 15 is 0 Å². The molecule has 0 heterocycles. The zero-order valence-electron chi connectivity index (χ0n) is 21.8. The number of rotatable bonds is 6.